The van der Waals surface area contributed by atoms with Crippen LogP contribution in [0.5, 0.6) is 0 Å². The van der Waals surface area contributed by atoms with Crippen molar-refractivity contribution in [1.82, 2.24) is 24.6 Å². The van der Waals surface area contributed by atoms with E-state index in [-0.39, 0.29) is 57.5 Å². The van der Waals surface area contributed by atoms with Crippen molar-refractivity contribution in [2.45, 2.75) is 50.8 Å². The highest BCUT2D eigenvalue weighted by atomic mass is 19.4. The molecule has 1 saturated carbocycles. The number of amides is 2. The molecule has 18 heteroatoms. The molecule has 2 saturated heterocycles. The number of halogens is 9. The fraction of sp³-hybridized carbons (Fsp3) is 0.375. The third-order valence-electron chi connectivity index (χ3n) is 11.0. The fourth-order valence-corrected chi connectivity index (χ4v) is 7.81. The van der Waals surface area contributed by atoms with E-state index in [1.807, 2.05) is 0 Å². The van der Waals surface area contributed by atoms with Gasteiger partial charge in [-0.15, -0.1) is 0 Å². The number of hydrogen-bond donors (Lipinski definition) is 1. The molecule has 1 N–H and O–H groups in total. The largest absolute Gasteiger partial charge is 0.481 e. The van der Waals surface area contributed by atoms with E-state index in [2.05, 4.69) is 10.1 Å². The van der Waals surface area contributed by atoms with Crippen LogP contribution in [0.4, 0.5) is 39.5 Å². The summed E-state index contributed by atoms with van der Waals surface area (Å²) in [7, 11) is 0. The lowest BCUT2D eigenvalue weighted by molar-refractivity contribution is -0.205. The van der Waals surface area contributed by atoms with Gasteiger partial charge in [-0.25, -0.2) is 0 Å². The number of pyridine rings is 1. The molecule has 1 atom stereocenters. The summed E-state index contributed by atoms with van der Waals surface area (Å²) in [5, 5.41) is 14.0. The molecule has 1 unspecified atom stereocenters. The van der Waals surface area contributed by atoms with Crippen molar-refractivity contribution >= 4 is 17.8 Å². The molecular weight excluding hydrogens is 785 g/mol. The molecule has 0 bridgehead atoms. The smallest absolute Gasteiger partial charge is 0.416 e. The molecule has 2 aromatic heterocycles. The van der Waals surface area contributed by atoms with Crippen molar-refractivity contribution in [3.8, 4) is 11.3 Å². The molecule has 0 radical (unpaired) electrons. The number of alkyl halides is 9. The number of carboxylic acid groups (broad SMARTS) is 1. The van der Waals surface area contributed by atoms with E-state index < -0.39 is 70.6 Å². The zero-order valence-electron chi connectivity index (χ0n) is 30.3. The Bertz CT molecular complexity index is 2240. The van der Waals surface area contributed by atoms with E-state index in [4.69, 9.17) is 0 Å². The molecule has 4 heterocycles. The van der Waals surface area contributed by atoms with Crippen molar-refractivity contribution in [3.05, 3.63) is 119 Å². The average Bonchev–Trinajstić information content (AvgIpc) is 3.71. The third-order valence-corrected chi connectivity index (χ3v) is 11.0. The summed E-state index contributed by atoms with van der Waals surface area (Å²) >= 11 is 0. The molecular formula is C40H34F9N5O4. The van der Waals surface area contributed by atoms with Crippen LogP contribution in [-0.2, 0) is 34.9 Å². The van der Waals surface area contributed by atoms with Gasteiger partial charge in [0.2, 0.25) is 5.91 Å². The van der Waals surface area contributed by atoms with Crippen LogP contribution in [0.25, 0.3) is 11.3 Å². The van der Waals surface area contributed by atoms with Crippen LogP contribution in [0.15, 0.2) is 90.8 Å². The highest BCUT2D eigenvalue weighted by molar-refractivity contribution is 5.94. The van der Waals surface area contributed by atoms with Crippen LogP contribution in [0.3, 0.4) is 0 Å². The van der Waals surface area contributed by atoms with Crippen molar-refractivity contribution in [2.24, 2.45) is 16.7 Å². The Kier molecular flexibility index (Phi) is 10.2. The number of aliphatic carboxylic acids is 1. The monoisotopic (exact) mass is 819 g/mol. The van der Waals surface area contributed by atoms with Gasteiger partial charge in [0.1, 0.15) is 5.41 Å². The highest BCUT2D eigenvalue weighted by Gasteiger charge is 2.71. The van der Waals surface area contributed by atoms with E-state index >= 15 is 0 Å². The van der Waals surface area contributed by atoms with Crippen LogP contribution in [-0.4, -0.2) is 79.8 Å². The minimum atomic E-state index is -4.74. The van der Waals surface area contributed by atoms with Gasteiger partial charge in [-0.3, -0.25) is 24.0 Å². The summed E-state index contributed by atoms with van der Waals surface area (Å²) in [6.45, 7) is -0.168. The number of likely N-dealkylation sites (tertiary alicyclic amines) is 2. The fourth-order valence-electron chi connectivity index (χ4n) is 7.81. The predicted octanol–water partition coefficient (Wildman–Crippen LogP) is 7.92. The summed E-state index contributed by atoms with van der Waals surface area (Å²) in [5.74, 6) is -3.36. The minimum Gasteiger partial charge on any atom is -0.481 e. The lowest BCUT2D eigenvalue weighted by Crippen LogP contribution is -2.64. The minimum absolute atomic E-state index is 0.0114. The van der Waals surface area contributed by atoms with Gasteiger partial charge in [-0.1, -0.05) is 42.0 Å². The molecule has 3 aliphatic rings. The Morgan fingerprint density at radius 1 is 0.810 bits per heavy atom. The quantitative estimate of drug-likeness (QED) is 0.129. The maximum absolute atomic E-state index is 13.9. The number of benzene rings is 2. The van der Waals surface area contributed by atoms with Gasteiger partial charge in [0.05, 0.1) is 41.5 Å². The van der Waals surface area contributed by atoms with Gasteiger partial charge in [0, 0.05) is 61.4 Å². The summed E-state index contributed by atoms with van der Waals surface area (Å²) < 4.78 is 122. The lowest BCUT2D eigenvalue weighted by Gasteiger charge is -2.51. The van der Waals surface area contributed by atoms with Crippen LogP contribution in [0.2, 0.25) is 0 Å². The summed E-state index contributed by atoms with van der Waals surface area (Å²) in [4.78, 5) is 46.3. The van der Waals surface area contributed by atoms with Gasteiger partial charge in [-0.05, 0) is 54.8 Å². The second-order valence-electron chi connectivity index (χ2n) is 15.2. The van der Waals surface area contributed by atoms with E-state index in [1.165, 1.54) is 46.2 Å². The second kappa shape index (κ2) is 14.6. The first-order valence-corrected chi connectivity index (χ1v) is 18.0. The Hall–Kier alpha value is -5.68. The van der Waals surface area contributed by atoms with Crippen molar-refractivity contribution in [1.29, 1.82) is 0 Å². The molecule has 3 fully saturated rings. The number of aromatic nitrogens is 3. The molecule has 2 aliphatic heterocycles. The van der Waals surface area contributed by atoms with Gasteiger partial charge < -0.3 is 14.9 Å². The van der Waals surface area contributed by atoms with Gasteiger partial charge in [-0.2, -0.15) is 44.6 Å². The maximum Gasteiger partial charge on any atom is 0.416 e. The maximum atomic E-state index is 13.9. The predicted molar refractivity (Wildman–Crippen MR) is 188 cm³/mol. The molecule has 7 rings (SSSR count). The van der Waals surface area contributed by atoms with Crippen LogP contribution in [0.1, 0.15) is 52.0 Å². The van der Waals surface area contributed by atoms with Crippen molar-refractivity contribution in [2.75, 3.05) is 26.2 Å². The third kappa shape index (κ3) is 8.18. The van der Waals surface area contributed by atoms with Crippen LogP contribution >= 0.6 is 0 Å². The first kappa shape index (κ1) is 40.5. The number of nitrogens with zero attached hydrogens (tertiary/aromatic N) is 5. The molecule has 4 aromatic rings. The topological polar surface area (TPSA) is 109 Å². The average molecular weight is 820 g/mol. The van der Waals surface area contributed by atoms with Gasteiger partial charge in [0.15, 0.2) is 0 Å². The molecule has 1 aliphatic carbocycles. The summed E-state index contributed by atoms with van der Waals surface area (Å²) in [6.07, 6.45) is -10.6. The molecule has 306 valence electrons. The SMILES string of the molecule is O=C(O)C/C(=C/C1CN(C(=O)c2cnn(Cc3ccc(C(F)(F)F)cc3)c2)CC12CN(C(=O)C1(C(F)(F)F)CC1)C2)Cc1cccc(-c2ccc(C(F)(F)F)cc2)n1. The molecule has 2 aromatic carbocycles. The number of rotatable bonds is 10. The molecule has 58 heavy (non-hydrogen) atoms. The normalized spacial score (nSPS) is 19.0. The Morgan fingerprint density at radius 2 is 1.41 bits per heavy atom. The summed E-state index contributed by atoms with van der Waals surface area (Å²) in [5.41, 5.74) is -2.97. The van der Waals surface area contributed by atoms with Crippen molar-refractivity contribution < 1.29 is 59.0 Å². The molecule has 9 nitrogen and oxygen atoms in total. The Labute approximate surface area is 324 Å². The van der Waals surface area contributed by atoms with E-state index in [9.17, 15) is 59.0 Å². The molecule has 1 spiro atoms. The van der Waals surface area contributed by atoms with E-state index in [0.717, 1.165) is 29.2 Å². The standard InChI is InChI=1S/C40H34F9N5O4/c41-38(42,43)28-8-4-24(5-9-28)18-54-19-27(17-50-54)34(57)52-20-30(36(21-52)22-53(23-36)35(58)37(12-13-37)40(47,48)49)14-25(16-33(55)56)15-31-2-1-3-32(51-31)26-6-10-29(11-7-26)39(44,45)46/h1-11,14,17,19,30H,12-13,15-16,18,20-23H2,(H,55,56)/b25-14+. The lowest BCUT2D eigenvalue weighted by atomic mass is 9.70. The number of carbonyl (C=O) groups excluding carboxylic acids is 2. The van der Waals surface area contributed by atoms with E-state index in [0.29, 0.717) is 28.1 Å². The Morgan fingerprint density at radius 3 is 1.98 bits per heavy atom. The van der Waals surface area contributed by atoms with Crippen LogP contribution in [0, 0.1) is 16.7 Å². The first-order valence-electron chi connectivity index (χ1n) is 18.0. The van der Waals surface area contributed by atoms with Gasteiger partial charge >= 0.3 is 24.5 Å². The highest BCUT2D eigenvalue weighted by Crippen LogP contribution is 2.60. The van der Waals surface area contributed by atoms with Gasteiger partial charge in [0.25, 0.3) is 5.91 Å². The number of carboxylic acids is 1. The zero-order valence-corrected chi connectivity index (χ0v) is 30.3. The molecule has 2 amide bonds. The summed E-state index contributed by atoms with van der Waals surface area (Å²) in [6, 6.07) is 13.6. The second-order valence-corrected chi connectivity index (χ2v) is 15.2. The Balaban J connectivity index is 1.13. The number of carbonyl (C=O) groups is 3. The first-order chi connectivity index (χ1) is 27.2. The van der Waals surface area contributed by atoms with Crippen LogP contribution < -0.4 is 0 Å². The van der Waals surface area contributed by atoms with E-state index in [1.54, 1.807) is 24.3 Å². The number of hydrogen-bond acceptors (Lipinski definition) is 5. The van der Waals surface area contributed by atoms with Crippen molar-refractivity contribution in [3.63, 3.8) is 0 Å². The zero-order chi connectivity index (χ0) is 41.8.